The van der Waals surface area contributed by atoms with E-state index in [4.69, 9.17) is 0 Å². The van der Waals surface area contributed by atoms with E-state index in [0.29, 0.717) is 13.0 Å². The van der Waals surface area contributed by atoms with Crippen molar-refractivity contribution in [3.8, 4) is 0 Å². The second kappa shape index (κ2) is 8.47. The largest absolute Gasteiger partial charge is 0.336 e. The second-order valence-corrected chi connectivity index (χ2v) is 6.06. The number of hydrogen-bond acceptors (Lipinski definition) is 2. The summed E-state index contributed by atoms with van der Waals surface area (Å²) in [6, 6.07) is 12.5. The summed E-state index contributed by atoms with van der Waals surface area (Å²) in [5, 5.41) is 0. The molecule has 0 radical (unpaired) electrons. The molecule has 3 nitrogen and oxygen atoms in total. The van der Waals surface area contributed by atoms with Crippen LogP contribution >= 0.6 is 0 Å². The lowest BCUT2D eigenvalue weighted by atomic mass is 10.0. The van der Waals surface area contributed by atoms with E-state index in [1.165, 1.54) is 11.1 Å². The third kappa shape index (κ3) is 4.92. The maximum atomic E-state index is 12.7. The molecule has 0 saturated heterocycles. The van der Waals surface area contributed by atoms with Crippen molar-refractivity contribution < 1.29 is 4.79 Å². The van der Waals surface area contributed by atoms with Gasteiger partial charge in [-0.25, -0.2) is 0 Å². The number of hydrogen-bond donors (Lipinski definition) is 0. The lowest BCUT2D eigenvalue weighted by molar-refractivity contribution is -0.134. The molecule has 0 N–H and O–H groups in total. The topological polar surface area (TPSA) is 33.2 Å². The Labute approximate surface area is 139 Å². The summed E-state index contributed by atoms with van der Waals surface area (Å²) in [5.41, 5.74) is 3.64. The first-order chi connectivity index (χ1) is 11.1. The highest BCUT2D eigenvalue weighted by molar-refractivity contribution is 5.76. The van der Waals surface area contributed by atoms with Crippen LogP contribution in [0.1, 0.15) is 43.4 Å². The summed E-state index contributed by atoms with van der Waals surface area (Å²) < 4.78 is 0. The van der Waals surface area contributed by atoms with E-state index in [-0.39, 0.29) is 11.9 Å². The summed E-state index contributed by atoms with van der Waals surface area (Å²) in [6.07, 6.45) is 5.88. The molecule has 0 aliphatic heterocycles. The molecular formula is C20H26N2O. The fourth-order valence-corrected chi connectivity index (χ4v) is 2.67. The molecule has 1 amide bonds. The molecule has 1 heterocycles. The van der Waals surface area contributed by atoms with Crippen molar-refractivity contribution in [2.24, 2.45) is 0 Å². The number of aromatic nitrogens is 1. The van der Waals surface area contributed by atoms with Gasteiger partial charge in [-0.2, -0.15) is 0 Å². The SMILES string of the molecule is CCC(C)N(Cc1ccncc1)C(=O)CCc1ccccc1C. The summed E-state index contributed by atoms with van der Waals surface area (Å²) in [7, 11) is 0. The van der Waals surface area contributed by atoms with Gasteiger partial charge in [0.05, 0.1) is 0 Å². The van der Waals surface area contributed by atoms with E-state index in [1.54, 1.807) is 12.4 Å². The molecule has 2 rings (SSSR count). The van der Waals surface area contributed by atoms with Crippen LogP contribution in [0.4, 0.5) is 0 Å². The van der Waals surface area contributed by atoms with Crippen LogP contribution in [0.25, 0.3) is 0 Å². The summed E-state index contributed by atoms with van der Waals surface area (Å²) in [5.74, 6) is 0.222. The van der Waals surface area contributed by atoms with Crippen LogP contribution in [0.15, 0.2) is 48.8 Å². The van der Waals surface area contributed by atoms with Crippen molar-refractivity contribution in [2.45, 2.75) is 52.6 Å². The third-order valence-corrected chi connectivity index (χ3v) is 4.41. The van der Waals surface area contributed by atoms with Crippen molar-refractivity contribution in [3.63, 3.8) is 0 Å². The molecule has 0 fully saturated rings. The Morgan fingerprint density at radius 2 is 1.87 bits per heavy atom. The van der Waals surface area contributed by atoms with Gasteiger partial charge in [-0.15, -0.1) is 0 Å². The molecule has 3 heteroatoms. The molecule has 1 aromatic carbocycles. The van der Waals surface area contributed by atoms with Crippen LogP contribution in [-0.4, -0.2) is 21.8 Å². The Morgan fingerprint density at radius 3 is 2.52 bits per heavy atom. The van der Waals surface area contributed by atoms with Crippen LogP contribution in [0, 0.1) is 6.92 Å². The smallest absolute Gasteiger partial charge is 0.223 e. The van der Waals surface area contributed by atoms with Crippen LogP contribution < -0.4 is 0 Å². The third-order valence-electron chi connectivity index (χ3n) is 4.41. The summed E-state index contributed by atoms with van der Waals surface area (Å²) in [4.78, 5) is 18.8. The predicted molar refractivity (Wildman–Crippen MR) is 94.0 cm³/mol. The Hall–Kier alpha value is -2.16. The van der Waals surface area contributed by atoms with Gasteiger partial charge in [0.15, 0.2) is 0 Å². The van der Waals surface area contributed by atoms with Crippen LogP contribution in [0.5, 0.6) is 0 Å². The van der Waals surface area contributed by atoms with Gasteiger partial charge in [0.25, 0.3) is 0 Å². The fourth-order valence-electron chi connectivity index (χ4n) is 2.67. The standard InChI is InChI=1S/C20H26N2O/c1-4-17(3)22(15-18-11-13-21-14-12-18)20(23)10-9-19-8-6-5-7-16(19)2/h5-8,11-14,17H,4,9-10,15H2,1-3H3. The molecule has 0 saturated carbocycles. The molecule has 0 bridgehead atoms. The highest BCUT2D eigenvalue weighted by atomic mass is 16.2. The van der Waals surface area contributed by atoms with E-state index in [9.17, 15) is 4.79 Å². The molecule has 1 aromatic heterocycles. The second-order valence-electron chi connectivity index (χ2n) is 6.06. The minimum absolute atomic E-state index is 0.222. The quantitative estimate of drug-likeness (QED) is 0.769. The van der Waals surface area contributed by atoms with E-state index in [2.05, 4.69) is 37.9 Å². The van der Waals surface area contributed by atoms with Gasteiger partial charge in [-0.05, 0) is 55.5 Å². The molecule has 122 valence electrons. The van der Waals surface area contributed by atoms with Crippen molar-refractivity contribution >= 4 is 5.91 Å². The lowest BCUT2D eigenvalue weighted by Crippen LogP contribution is -2.37. The minimum Gasteiger partial charge on any atom is -0.336 e. The number of carbonyl (C=O) groups excluding carboxylic acids is 1. The number of benzene rings is 1. The zero-order valence-corrected chi connectivity index (χ0v) is 14.3. The van der Waals surface area contributed by atoms with Gasteiger partial charge in [0.2, 0.25) is 5.91 Å². The van der Waals surface area contributed by atoms with E-state index in [0.717, 1.165) is 18.4 Å². The number of pyridine rings is 1. The molecule has 0 aliphatic rings. The zero-order valence-electron chi connectivity index (χ0n) is 14.3. The fraction of sp³-hybridized carbons (Fsp3) is 0.400. The average molecular weight is 310 g/mol. The van der Waals surface area contributed by atoms with Crippen LogP contribution in [0.3, 0.4) is 0 Å². The molecule has 0 spiro atoms. The van der Waals surface area contributed by atoms with Gasteiger partial charge in [0, 0.05) is 31.4 Å². The number of nitrogens with zero attached hydrogens (tertiary/aromatic N) is 2. The van der Waals surface area contributed by atoms with Gasteiger partial charge in [0.1, 0.15) is 0 Å². The van der Waals surface area contributed by atoms with Gasteiger partial charge in [-0.3, -0.25) is 9.78 Å². The molecule has 1 unspecified atom stereocenters. The van der Waals surface area contributed by atoms with Gasteiger partial charge >= 0.3 is 0 Å². The molecular weight excluding hydrogens is 284 g/mol. The first-order valence-corrected chi connectivity index (χ1v) is 8.34. The van der Waals surface area contributed by atoms with Crippen LogP contribution in [0.2, 0.25) is 0 Å². The minimum atomic E-state index is 0.222. The lowest BCUT2D eigenvalue weighted by Gasteiger charge is -2.29. The molecule has 23 heavy (non-hydrogen) atoms. The Morgan fingerprint density at radius 1 is 1.17 bits per heavy atom. The Kier molecular flexibility index (Phi) is 6.33. The van der Waals surface area contributed by atoms with E-state index >= 15 is 0 Å². The van der Waals surface area contributed by atoms with Crippen molar-refractivity contribution in [3.05, 3.63) is 65.5 Å². The number of aryl methyl sites for hydroxylation is 2. The van der Waals surface area contributed by atoms with Crippen molar-refractivity contribution in [2.75, 3.05) is 0 Å². The molecule has 0 aliphatic carbocycles. The maximum Gasteiger partial charge on any atom is 0.223 e. The first-order valence-electron chi connectivity index (χ1n) is 8.34. The maximum absolute atomic E-state index is 12.7. The predicted octanol–water partition coefficient (Wildman–Crippen LogP) is 4.15. The highest BCUT2D eigenvalue weighted by Gasteiger charge is 2.19. The van der Waals surface area contributed by atoms with Gasteiger partial charge < -0.3 is 4.90 Å². The van der Waals surface area contributed by atoms with Crippen molar-refractivity contribution in [1.82, 2.24) is 9.88 Å². The monoisotopic (exact) mass is 310 g/mol. The number of amides is 1. The Bertz CT molecular complexity index is 625. The summed E-state index contributed by atoms with van der Waals surface area (Å²) >= 11 is 0. The highest BCUT2D eigenvalue weighted by Crippen LogP contribution is 2.15. The average Bonchev–Trinajstić information content (AvgIpc) is 2.59. The zero-order chi connectivity index (χ0) is 16.7. The molecule has 1 atom stereocenters. The van der Waals surface area contributed by atoms with Gasteiger partial charge in [-0.1, -0.05) is 31.2 Å². The van der Waals surface area contributed by atoms with Crippen LogP contribution in [-0.2, 0) is 17.8 Å². The van der Waals surface area contributed by atoms with E-state index < -0.39 is 0 Å². The summed E-state index contributed by atoms with van der Waals surface area (Å²) in [6.45, 7) is 7.00. The molecule has 2 aromatic rings. The number of rotatable bonds is 7. The normalized spacial score (nSPS) is 12.0. The first kappa shape index (κ1) is 17.2. The van der Waals surface area contributed by atoms with Crippen molar-refractivity contribution in [1.29, 1.82) is 0 Å². The number of carbonyl (C=O) groups is 1. The van der Waals surface area contributed by atoms with E-state index in [1.807, 2.05) is 29.2 Å². The Balaban J connectivity index is 2.03.